The molecule has 0 N–H and O–H groups in total. The first kappa shape index (κ1) is 17.9. The highest BCUT2D eigenvalue weighted by molar-refractivity contribution is 5.94. The largest absolute Gasteiger partial charge is 0.474 e. The molecule has 2 heterocycles. The quantitative estimate of drug-likeness (QED) is 0.827. The van der Waals surface area contributed by atoms with Crippen LogP contribution >= 0.6 is 0 Å². The summed E-state index contributed by atoms with van der Waals surface area (Å²) in [5, 5.41) is 0. The molecule has 1 aromatic carbocycles. The van der Waals surface area contributed by atoms with Crippen LogP contribution in [0.3, 0.4) is 0 Å². The highest BCUT2D eigenvalue weighted by Crippen LogP contribution is 2.43. The molecular weight excluding hydrogens is 347 g/mol. The molecule has 2 fully saturated rings. The van der Waals surface area contributed by atoms with Gasteiger partial charge in [0, 0.05) is 37.9 Å². The van der Waals surface area contributed by atoms with Crippen molar-refractivity contribution in [2.75, 3.05) is 13.7 Å². The van der Waals surface area contributed by atoms with Crippen molar-refractivity contribution < 1.29 is 18.7 Å². The van der Waals surface area contributed by atoms with Gasteiger partial charge in [-0.2, -0.15) is 0 Å². The number of methoxy groups -OCH3 is 1. The molecular formula is C21H23FN2O3. The summed E-state index contributed by atoms with van der Waals surface area (Å²) >= 11 is 0. The van der Waals surface area contributed by atoms with Crippen LogP contribution in [0.15, 0.2) is 48.7 Å². The van der Waals surface area contributed by atoms with Gasteiger partial charge in [-0.3, -0.25) is 4.79 Å². The second-order valence-electron chi connectivity index (χ2n) is 7.22. The first-order valence-corrected chi connectivity index (χ1v) is 9.31. The average molecular weight is 370 g/mol. The summed E-state index contributed by atoms with van der Waals surface area (Å²) in [7, 11) is 1.72. The topological polar surface area (TPSA) is 51.7 Å². The van der Waals surface area contributed by atoms with Crippen molar-refractivity contribution in [2.24, 2.45) is 0 Å². The van der Waals surface area contributed by atoms with Crippen LogP contribution in [0.5, 0.6) is 5.88 Å². The first-order valence-electron chi connectivity index (χ1n) is 9.31. The van der Waals surface area contributed by atoms with Crippen LogP contribution < -0.4 is 4.74 Å². The maximum absolute atomic E-state index is 13.2. The maximum Gasteiger partial charge on any atom is 0.254 e. The SMILES string of the molecule is CO[C@@]12CC[C@H](Oc3ccccn3)C[C@@H]1N(C(=O)c1ccc(F)cc1)CC2. The summed E-state index contributed by atoms with van der Waals surface area (Å²) in [5.74, 6) is 0.167. The van der Waals surface area contributed by atoms with Crippen molar-refractivity contribution in [1.82, 2.24) is 9.88 Å². The number of pyridine rings is 1. The van der Waals surface area contributed by atoms with Crippen LogP contribution in [-0.4, -0.2) is 47.2 Å². The average Bonchev–Trinajstić information content (AvgIpc) is 3.08. The van der Waals surface area contributed by atoms with E-state index in [1.54, 1.807) is 13.3 Å². The molecule has 1 aromatic heterocycles. The minimum absolute atomic E-state index is 0.0187. The van der Waals surface area contributed by atoms with Crippen LogP contribution in [0.4, 0.5) is 4.39 Å². The molecule has 0 radical (unpaired) electrons. The van der Waals surface area contributed by atoms with Gasteiger partial charge in [0.1, 0.15) is 11.9 Å². The number of rotatable bonds is 4. The van der Waals surface area contributed by atoms with E-state index < -0.39 is 0 Å². The molecule has 2 aliphatic rings. The van der Waals surface area contributed by atoms with Crippen molar-refractivity contribution >= 4 is 5.91 Å². The van der Waals surface area contributed by atoms with E-state index in [2.05, 4.69) is 4.98 Å². The Kier molecular flexibility index (Phi) is 4.83. The molecule has 27 heavy (non-hydrogen) atoms. The van der Waals surface area contributed by atoms with E-state index in [-0.39, 0.29) is 29.5 Å². The molecule has 6 heteroatoms. The third kappa shape index (κ3) is 3.41. The second kappa shape index (κ2) is 7.27. The van der Waals surface area contributed by atoms with Crippen LogP contribution in [0.2, 0.25) is 0 Å². The number of benzene rings is 1. The molecule has 0 spiro atoms. The number of aromatic nitrogens is 1. The lowest BCUT2D eigenvalue weighted by Crippen LogP contribution is -2.53. The summed E-state index contributed by atoms with van der Waals surface area (Å²) in [4.78, 5) is 19.1. The third-order valence-electron chi connectivity index (χ3n) is 5.82. The van der Waals surface area contributed by atoms with E-state index >= 15 is 0 Å². The number of fused-ring (bicyclic) bond motifs is 1. The summed E-state index contributed by atoms with van der Waals surface area (Å²) in [5.41, 5.74) is 0.163. The zero-order valence-corrected chi connectivity index (χ0v) is 15.3. The number of likely N-dealkylation sites (tertiary alicyclic amines) is 1. The summed E-state index contributed by atoms with van der Waals surface area (Å²) in [6.45, 7) is 0.630. The van der Waals surface area contributed by atoms with Gasteiger partial charge < -0.3 is 14.4 Å². The van der Waals surface area contributed by atoms with Crippen LogP contribution in [0.1, 0.15) is 36.0 Å². The van der Waals surface area contributed by atoms with E-state index in [4.69, 9.17) is 9.47 Å². The van der Waals surface area contributed by atoms with Crippen molar-refractivity contribution in [1.29, 1.82) is 0 Å². The fourth-order valence-corrected chi connectivity index (χ4v) is 4.36. The smallest absolute Gasteiger partial charge is 0.254 e. The second-order valence-corrected chi connectivity index (χ2v) is 7.22. The molecule has 1 saturated carbocycles. The Bertz CT molecular complexity index is 799. The Morgan fingerprint density at radius 1 is 1.22 bits per heavy atom. The van der Waals surface area contributed by atoms with Crippen molar-refractivity contribution in [2.45, 2.75) is 43.4 Å². The fourth-order valence-electron chi connectivity index (χ4n) is 4.36. The van der Waals surface area contributed by atoms with E-state index in [0.717, 1.165) is 19.3 Å². The van der Waals surface area contributed by atoms with Gasteiger partial charge in [0.15, 0.2) is 0 Å². The number of hydrogen-bond acceptors (Lipinski definition) is 4. The van der Waals surface area contributed by atoms with Crippen LogP contribution in [0, 0.1) is 5.82 Å². The van der Waals surface area contributed by atoms with Gasteiger partial charge in [-0.25, -0.2) is 9.37 Å². The molecule has 1 aliphatic carbocycles. The number of amides is 1. The molecule has 1 amide bonds. The monoisotopic (exact) mass is 370 g/mol. The minimum Gasteiger partial charge on any atom is -0.474 e. The van der Waals surface area contributed by atoms with Crippen molar-refractivity contribution in [3.05, 3.63) is 60.0 Å². The van der Waals surface area contributed by atoms with Crippen molar-refractivity contribution in [3.63, 3.8) is 0 Å². The molecule has 2 aromatic rings. The Labute approximate surface area is 158 Å². The molecule has 3 atom stereocenters. The predicted molar refractivity (Wildman–Crippen MR) is 98.1 cm³/mol. The Balaban J connectivity index is 1.54. The van der Waals surface area contributed by atoms with Gasteiger partial charge in [0.25, 0.3) is 5.91 Å². The Hall–Kier alpha value is -2.47. The molecule has 4 rings (SSSR count). The normalized spacial score (nSPS) is 27.3. The lowest BCUT2D eigenvalue weighted by atomic mass is 9.79. The fraction of sp³-hybridized carbons (Fsp3) is 0.429. The van der Waals surface area contributed by atoms with E-state index in [1.165, 1.54) is 24.3 Å². The molecule has 1 aliphatic heterocycles. The van der Waals surface area contributed by atoms with Gasteiger partial charge in [0.05, 0.1) is 11.6 Å². The molecule has 0 unspecified atom stereocenters. The number of nitrogens with zero attached hydrogens (tertiary/aromatic N) is 2. The lowest BCUT2D eigenvalue weighted by molar-refractivity contribution is -0.0788. The number of ether oxygens (including phenoxy) is 2. The standard InChI is InChI=1S/C21H23FN2O3/c1-26-21-10-9-17(27-19-4-2-3-12-23-19)14-18(21)24(13-11-21)20(25)15-5-7-16(22)8-6-15/h2-8,12,17-18H,9-11,13-14H2,1H3/t17-,18-,21+/m0/s1. The third-order valence-corrected chi connectivity index (χ3v) is 5.82. The van der Waals surface area contributed by atoms with Gasteiger partial charge in [0.2, 0.25) is 5.88 Å². The summed E-state index contributed by atoms with van der Waals surface area (Å²) < 4.78 is 25.2. The number of carbonyl (C=O) groups is 1. The molecule has 142 valence electrons. The first-order chi connectivity index (χ1) is 13.1. The van der Waals surface area contributed by atoms with E-state index in [0.29, 0.717) is 24.4 Å². The number of hydrogen-bond donors (Lipinski definition) is 0. The van der Waals surface area contributed by atoms with Gasteiger partial charge in [-0.05, 0) is 49.6 Å². The predicted octanol–water partition coefficient (Wildman–Crippen LogP) is 3.45. The highest BCUT2D eigenvalue weighted by atomic mass is 19.1. The summed E-state index contributed by atoms with van der Waals surface area (Å²) in [6, 6.07) is 11.2. The molecule has 0 bridgehead atoms. The van der Waals surface area contributed by atoms with Crippen LogP contribution in [-0.2, 0) is 4.74 Å². The van der Waals surface area contributed by atoms with Crippen LogP contribution in [0.25, 0.3) is 0 Å². The zero-order valence-electron chi connectivity index (χ0n) is 15.3. The zero-order chi connectivity index (χ0) is 18.9. The summed E-state index contributed by atoms with van der Waals surface area (Å²) in [6.07, 6.45) is 4.87. The number of carbonyl (C=O) groups excluding carboxylic acids is 1. The van der Waals surface area contributed by atoms with Gasteiger partial charge in [-0.1, -0.05) is 6.07 Å². The maximum atomic E-state index is 13.2. The lowest BCUT2D eigenvalue weighted by Gasteiger charge is -2.43. The highest BCUT2D eigenvalue weighted by Gasteiger charge is 2.53. The minimum atomic E-state index is -0.347. The van der Waals surface area contributed by atoms with Gasteiger partial charge >= 0.3 is 0 Å². The van der Waals surface area contributed by atoms with Gasteiger partial charge in [-0.15, -0.1) is 0 Å². The Morgan fingerprint density at radius 2 is 2.04 bits per heavy atom. The van der Waals surface area contributed by atoms with E-state index in [1.807, 2.05) is 23.1 Å². The Morgan fingerprint density at radius 3 is 2.74 bits per heavy atom. The van der Waals surface area contributed by atoms with E-state index in [9.17, 15) is 9.18 Å². The molecule has 5 nitrogen and oxygen atoms in total. The molecule has 1 saturated heterocycles. The number of halogens is 1. The van der Waals surface area contributed by atoms with Crippen molar-refractivity contribution in [3.8, 4) is 5.88 Å².